The highest BCUT2D eigenvalue weighted by molar-refractivity contribution is 5.85. The van der Waals surface area contributed by atoms with E-state index in [1.54, 1.807) is 0 Å². The predicted molar refractivity (Wildman–Crippen MR) is 69.9 cm³/mol. The van der Waals surface area contributed by atoms with Crippen molar-refractivity contribution < 1.29 is 4.79 Å². The van der Waals surface area contributed by atoms with Gasteiger partial charge in [-0.15, -0.1) is 12.4 Å². The number of nitrogens with zero attached hydrogens (tertiary/aromatic N) is 1. The van der Waals surface area contributed by atoms with E-state index >= 15 is 0 Å². The number of piperazine rings is 1. The van der Waals surface area contributed by atoms with Gasteiger partial charge in [0.25, 0.3) is 0 Å². The van der Waals surface area contributed by atoms with Gasteiger partial charge in [-0.25, -0.2) is 0 Å². The molecule has 1 rings (SSSR count). The molecular weight excluding hydrogens is 224 g/mol. The smallest absolute Gasteiger partial charge is 0.226 e. The van der Waals surface area contributed by atoms with E-state index in [1.165, 1.54) is 0 Å². The zero-order valence-corrected chi connectivity index (χ0v) is 11.9. The lowest BCUT2D eigenvalue weighted by Crippen LogP contribution is -2.53. The molecule has 4 heteroatoms. The second kappa shape index (κ2) is 5.87. The van der Waals surface area contributed by atoms with Gasteiger partial charge >= 0.3 is 0 Å². The van der Waals surface area contributed by atoms with E-state index in [0.717, 1.165) is 19.6 Å². The van der Waals surface area contributed by atoms with E-state index in [9.17, 15) is 4.79 Å². The van der Waals surface area contributed by atoms with Gasteiger partial charge in [0.2, 0.25) is 5.91 Å². The third-order valence-electron chi connectivity index (χ3n) is 3.35. The van der Waals surface area contributed by atoms with Gasteiger partial charge < -0.3 is 10.2 Å². The molecular formula is C12H25ClN2O. The third-order valence-corrected chi connectivity index (χ3v) is 3.35. The second-order valence-electron chi connectivity index (χ2n) is 5.73. The predicted octanol–water partition coefficient (Wildman–Crippen LogP) is 1.91. The van der Waals surface area contributed by atoms with Gasteiger partial charge in [0.1, 0.15) is 0 Å². The standard InChI is InChI=1S/C12H24N2O.ClH/c1-9-8-14(7-6-13-9)11(15)10(2)12(3,4)5;/h9-10,13H,6-8H2,1-5H3;1H/t9-,10?;/m1./s1. The lowest BCUT2D eigenvalue weighted by atomic mass is 9.81. The summed E-state index contributed by atoms with van der Waals surface area (Å²) in [6.45, 7) is 13.2. The quantitative estimate of drug-likeness (QED) is 0.769. The van der Waals surface area contributed by atoms with E-state index in [-0.39, 0.29) is 23.7 Å². The van der Waals surface area contributed by atoms with Crippen LogP contribution in [0.4, 0.5) is 0 Å². The zero-order chi connectivity index (χ0) is 11.6. The highest BCUT2D eigenvalue weighted by atomic mass is 35.5. The van der Waals surface area contributed by atoms with Crippen molar-refractivity contribution in [1.29, 1.82) is 0 Å². The maximum absolute atomic E-state index is 12.2. The average molecular weight is 249 g/mol. The fourth-order valence-corrected chi connectivity index (χ4v) is 1.78. The molecule has 0 bridgehead atoms. The third kappa shape index (κ3) is 3.95. The van der Waals surface area contributed by atoms with Crippen molar-refractivity contribution in [2.75, 3.05) is 19.6 Å². The summed E-state index contributed by atoms with van der Waals surface area (Å²) in [5, 5.41) is 3.35. The number of carbonyl (C=O) groups is 1. The highest BCUT2D eigenvalue weighted by Gasteiger charge is 2.31. The Kier molecular flexibility index (Phi) is 5.77. The molecule has 3 nitrogen and oxygen atoms in total. The van der Waals surface area contributed by atoms with Crippen molar-refractivity contribution in [2.45, 2.75) is 40.7 Å². The van der Waals surface area contributed by atoms with Gasteiger partial charge in [0.15, 0.2) is 0 Å². The lowest BCUT2D eigenvalue weighted by molar-refractivity contribution is -0.139. The number of rotatable bonds is 1. The molecule has 0 saturated carbocycles. The Balaban J connectivity index is 0.00000225. The van der Waals surface area contributed by atoms with Crippen LogP contribution in [0.15, 0.2) is 0 Å². The van der Waals surface area contributed by atoms with E-state index < -0.39 is 0 Å². The number of halogens is 1. The fourth-order valence-electron chi connectivity index (χ4n) is 1.78. The maximum atomic E-state index is 12.2. The van der Waals surface area contributed by atoms with Crippen LogP contribution in [0.3, 0.4) is 0 Å². The Bertz CT molecular complexity index is 238. The number of carbonyl (C=O) groups excluding carboxylic acids is 1. The van der Waals surface area contributed by atoms with Gasteiger partial charge in [-0.3, -0.25) is 4.79 Å². The summed E-state index contributed by atoms with van der Waals surface area (Å²) >= 11 is 0. The SMILES string of the molecule is CC(C(=O)N1CCN[C@H](C)C1)C(C)(C)C.Cl. The van der Waals surface area contributed by atoms with Crippen molar-refractivity contribution in [3.8, 4) is 0 Å². The summed E-state index contributed by atoms with van der Waals surface area (Å²) in [6, 6.07) is 0.426. The molecule has 2 atom stereocenters. The van der Waals surface area contributed by atoms with E-state index in [4.69, 9.17) is 0 Å². The first-order valence-electron chi connectivity index (χ1n) is 5.84. The first kappa shape index (κ1) is 15.7. The Morgan fingerprint density at radius 3 is 2.44 bits per heavy atom. The molecule has 1 N–H and O–H groups in total. The van der Waals surface area contributed by atoms with Crippen LogP contribution in [-0.4, -0.2) is 36.5 Å². The average Bonchev–Trinajstić information content (AvgIpc) is 2.14. The van der Waals surface area contributed by atoms with E-state index in [1.807, 2.05) is 11.8 Å². The Morgan fingerprint density at radius 2 is 2.00 bits per heavy atom. The van der Waals surface area contributed by atoms with Gasteiger partial charge in [-0.05, 0) is 12.3 Å². The zero-order valence-electron chi connectivity index (χ0n) is 11.0. The van der Waals surface area contributed by atoms with Crippen molar-refractivity contribution in [3.05, 3.63) is 0 Å². The van der Waals surface area contributed by atoms with Gasteiger partial charge in [0.05, 0.1) is 0 Å². The molecule has 0 radical (unpaired) electrons. The van der Waals surface area contributed by atoms with Gasteiger partial charge in [-0.1, -0.05) is 27.7 Å². The van der Waals surface area contributed by atoms with Crippen molar-refractivity contribution >= 4 is 18.3 Å². The molecule has 16 heavy (non-hydrogen) atoms. The molecule has 1 aliphatic rings. The molecule has 0 spiro atoms. The van der Waals surface area contributed by atoms with Crippen molar-refractivity contribution in [2.24, 2.45) is 11.3 Å². The normalized spacial score (nSPS) is 23.6. The lowest BCUT2D eigenvalue weighted by Gasteiger charge is -2.37. The fraction of sp³-hybridized carbons (Fsp3) is 0.917. The number of hydrogen-bond donors (Lipinski definition) is 1. The topological polar surface area (TPSA) is 32.3 Å². The summed E-state index contributed by atoms with van der Waals surface area (Å²) in [5.74, 6) is 0.402. The maximum Gasteiger partial charge on any atom is 0.226 e. The summed E-state index contributed by atoms with van der Waals surface area (Å²) < 4.78 is 0. The largest absolute Gasteiger partial charge is 0.340 e. The minimum Gasteiger partial charge on any atom is -0.340 e. The van der Waals surface area contributed by atoms with Crippen LogP contribution in [0.2, 0.25) is 0 Å². The number of nitrogens with one attached hydrogen (secondary N) is 1. The molecule has 0 aliphatic carbocycles. The molecule has 0 aromatic carbocycles. The van der Waals surface area contributed by atoms with Crippen LogP contribution in [0, 0.1) is 11.3 Å². The molecule has 1 saturated heterocycles. The molecule has 1 heterocycles. The van der Waals surface area contributed by atoms with Crippen LogP contribution in [-0.2, 0) is 4.79 Å². The summed E-state index contributed by atoms with van der Waals surface area (Å²) in [4.78, 5) is 14.2. The highest BCUT2D eigenvalue weighted by Crippen LogP contribution is 2.27. The summed E-state index contributed by atoms with van der Waals surface area (Å²) in [6.07, 6.45) is 0. The van der Waals surface area contributed by atoms with Crippen LogP contribution in [0.1, 0.15) is 34.6 Å². The minimum absolute atomic E-state index is 0. The first-order chi connectivity index (χ1) is 6.82. The summed E-state index contributed by atoms with van der Waals surface area (Å²) in [5.41, 5.74) is 0.0607. The van der Waals surface area contributed by atoms with Crippen LogP contribution in [0.5, 0.6) is 0 Å². The van der Waals surface area contributed by atoms with Crippen LogP contribution >= 0.6 is 12.4 Å². The van der Waals surface area contributed by atoms with E-state index in [0.29, 0.717) is 11.9 Å². The van der Waals surface area contributed by atoms with Crippen molar-refractivity contribution in [3.63, 3.8) is 0 Å². The molecule has 1 amide bonds. The van der Waals surface area contributed by atoms with E-state index in [2.05, 4.69) is 33.0 Å². The molecule has 1 fully saturated rings. The monoisotopic (exact) mass is 248 g/mol. The molecule has 0 aromatic rings. The van der Waals surface area contributed by atoms with Crippen molar-refractivity contribution in [1.82, 2.24) is 10.2 Å². The first-order valence-corrected chi connectivity index (χ1v) is 5.84. The molecule has 1 aliphatic heterocycles. The Labute approximate surface area is 105 Å². The Morgan fingerprint density at radius 1 is 1.44 bits per heavy atom. The number of amides is 1. The summed E-state index contributed by atoms with van der Waals surface area (Å²) in [7, 11) is 0. The Hall–Kier alpha value is -0.280. The minimum atomic E-state index is 0. The molecule has 96 valence electrons. The second-order valence-corrected chi connectivity index (χ2v) is 5.73. The van der Waals surface area contributed by atoms with Crippen LogP contribution in [0.25, 0.3) is 0 Å². The molecule has 1 unspecified atom stereocenters. The van der Waals surface area contributed by atoms with Gasteiger partial charge in [-0.2, -0.15) is 0 Å². The number of hydrogen-bond acceptors (Lipinski definition) is 2. The van der Waals surface area contributed by atoms with Gasteiger partial charge in [0, 0.05) is 31.6 Å². The molecule has 0 aromatic heterocycles. The van der Waals surface area contributed by atoms with Crippen LogP contribution < -0.4 is 5.32 Å².